The van der Waals surface area contributed by atoms with Crippen LogP contribution in [-0.4, -0.2) is 73.3 Å². The second-order valence-corrected chi connectivity index (χ2v) is 9.14. The van der Waals surface area contributed by atoms with E-state index in [1.807, 2.05) is 18.0 Å². The summed E-state index contributed by atoms with van der Waals surface area (Å²) in [5.41, 5.74) is -4.37. The van der Waals surface area contributed by atoms with Crippen molar-refractivity contribution in [2.75, 3.05) is 21.1 Å². The minimum Gasteiger partial charge on any atom is -0.741 e. The number of hydroxylamine groups is 3. The average Bonchev–Trinajstić information content (AvgIpc) is 2.80. The van der Waals surface area contributed by atoms with E-state index in [9.17, 15) is 18.0 Å². The number of amides is 1. The molecule has 0 N–H and O–H groups in total. The summed E-state index contributed by atoms with van der Waals surface area (Å²) in [6, 6.07) is 11.0. The van der Waals surface area contributed by atoms with Crippen molar-refractivity contribution in [1.29, 1.82) is 0 Å². The van der Waals surface area contributed by atoms with Gasteiger partial charge in [-0.25, -0.2) is 8.42 Å². The second-order valence-electron chi connectivity index (χ2n) is 7.76. The van der Waals surface area contributed by atoms with E-state index in [0.717, 1.165) is 6.42 Å². The van der Waals surface area contributed by atoms with Gasteiger partial charge in [0.05, 0.1) is 26.1 Å². The number of halogens is 3. The molecule has 2 aliphatic rings. The van der Waals surface area contributed by atoms with Crippen LogP contribution in [0.5, 0.6) is 0 Å². The van der Waals surface area contributed by atoms with Crippen molar-refractivity contribution >= 4 is 16.0 Å². The number of carbonyl (C=O) groups is 1. The Hall–Kier alpha value is -1.69. The maximum atomic E-state index is 12.4. The van der Waals surface area contributed by atoms with Crippen LogP contribution in [0.3, 0.4) is 0 Å². The van der Waals surface area contributed by atoms with Gasteiger partial charge < -0.3 is 9.45 Å². The van der Waals surface area contributed by atoms with E-state index in [0.29, 0.717) is 23.0 Å². The summed E-state index contributed by atoms with van der Waals surface area (Å²) in [5, 5.41) is 0. The van der Waals surface area contributed by atoms with Gasteiger partial charge in [0.2, 0.25) is 5.91 Å². The monoisotopic (exact) mass is 438 g/mol. The molecule has 0 aromatic heterocycles. The van der Waals surface area contributed by atoms with Gasteiger partial charge >= 0.3 is 5.51 Å². The molecule has 7 nitrogen and oxygen atoms in total. The first-order valence-corrected chi connectivity index (χ1v) is 10.4. The summed E-state index contributed by atoms with van der Waals surface area (Å²) in [5.74, 6) is 0.562. The minimum atomic E-state index is -6.09. The molecule has 2 heterocycles. The third-order valence-corrected chi connectivity index (χ3v) is 6.03. The van der Waals surface area contributed by atoms with Crippen LogP contribution < -0.4 is 0 Å². The maximum absolute atomic E-state index is 12.4. The average molecular weight is 438 g/mol. The first-order chi connectivity index (χ1) is 13.1. The van der Waals surface area contributed by atoms with Crippen LogP contribution in [0.15, 0.2) is 30.3 Å². The molecule has 0 spiro atoms. The van der Waals surface area contributed by atoms with Crippen LogP contribution in [0.2, 0.25) is 0 Å². The number of hydrogen-bond donors (Lipinski definition) is 0. The second kappa shape index (κ2) is 8.21. The van der Waals surface area contributed by atoms with Gasteiger partial charge in [-0.1, -0.05) is 30.3 Å². The maximum Gasteiger partial charge on any atom is 0.485 e. The van der Waals surface area contributed by atoms with Gasteiger partial charge in [0.1, 0.15) is 12.1 Å². The van der Waals surface area contributed by atoms with Crippen molar-refractivity contribution in [3.8, 4) is 0 Å². The fraction of sp³-hybridized carbons (Fsp3) is 0.611. The molecular weight excluding hydrogens is 413 g/mol. The molecule has 11 heteroatoms. The summed E-state index contributed by atoms with van der Waals surface area (Å²) >= 11 is 0. The highest BCUT2D eigenvalue weighted by molar-refractivity contribution is 7.86. The molecule has 4 atom stereocenters. The topological polar surface area (TPSA) is 86.7 Å². The van der Waals surface area contributed by atoms with Crippen molar-refractivity contribution in [1.82, 2.24) is 4.90 Å². The molecule has 164 valence electrons. The van der Waals surface area contributed by atoms with Gasteiger partial charge in [0.15, 0.2) is 10.1 Å². The standard InChI is InChI=1S/C17H25N2O2.CHF3O3S/c1-12-14-11-16(20)18(2)15(17(14)19(3,4)21-12)10-13-8-6-5-7-9-13;2-1(3,4)8(5,6)7/h5-9,12,14-15,17H,10-11H2,1-4H3;(H,5,6,7)/q+1;/p-1/t12-,14-,15-,17+;/m0./s1. The molecule has 3 rings (SSSR count). The van der Waals surface area contributed by atoms with Crippen LogP contribution in [-0.2, 0) is 26.2 Å². The number of carbonyl (C=O) groups excluding carboxylic acids is 1. The van der Waals surface area contributed by atoms with E-state index in [-0.39, 0.29) is 18.1 Å². The summed E-state index contributed by atoms with van der Waals surface area (Å²) in [6.45, 7) is 2.10. The zero-order valence-electron chi connectivity index (χ0n) is 16.6. The normalized spacial score (nSPS) is 29.1. The Morgan fingerprint density at radius 1 is 1.24 bits per heavy atom. The summed E-state index contributed by atoms with van der Waals surface area (Å²) < 4.78 is 59.4. The molecular formula is C18H25F3N2O5S. The molecule has 0 unspecified atom stereocenters. The van der Waals surface area contributed by atoms with Gasteiger partial charge in [-0.05, 0) is 18.9 Å². The zero-order valence-corrected chi connectivity index (χ0v) is 17.4. The number of nitrogens with zero attached hydrogens (tertiary/aromatic N) is 2. The third kappa shape index (κ3) is 5.27. The van der Waals surface area contributed by atoms with Gasteiger partial charge in [0, 0.05) is 13.5 Å². The Kier molecular flexibility index (Phi) is 6.68. The Morgan fingerprint density at radius 3 is 2.24 bits per heavy atom. The van der Waals surface area contributed by atoms with Crippen molar-refractivity contribution < 1.29 is 40.4 Å². The van der Waals surface area contributed by atoms with Crippen molar-refractivity contribution in [3.63, 3.8) is 0 Å². The molecule has 1 aromatic rings. The minimum absolute atomic E-state index is 0.140. The number of quaternary nitrogens is 1. The lowest BCUT2D eigenvalue weighted by Gasteiger charge is -2.43. The molecule has 2 aliphatic heterocycles. The van der Waals surface area contributed by atoms with E-state index < -0.39 is 15.6 Å². The van der Waals surface area contributed by atoms with Gasteiger partial charge in [-0.3, -0.25) is 4.79 Å². The number of likely N-dealkylation sites (tertiary alicyclic amines) is 1. The predicted octanol–water partition coefficient (Wildman–Crippen LogP) is 1.91. The van der Waals surface area contributed by atoms with Crippen molar-refractivity contribution in [3.05, 3.63) is 35.9 Å². The van der Waals surface area contributed by atoms with E-state index in [1.165, 1.54) is 5.56 Å². The number of benzene rings is 1. The third-order valence-electron chi connectivity index (χ3n) is 5.46. The van der Waals surface area contributed by atoms with Crippen LogP contribution in [0.1, 0.15) is 18.9 Å². The lowest BCUT2D eigenvalue weighted by Crippen LogP contribution is -2.62. The quantitative estimate of drug-likeness (QED) is 0.400. The van der Waals surface area contributed by atoms with Crippen molar-refractivity contribution in [2.24, 2.45) is 5.92 Å². The highest BCUT2D eigenvalue weighted by atomic mass is 32.2. The molecule has 1 aromatic carbocycles. The summed E-state index contributed by atoms with van der Waals surface area (Å²) in [4.78, 5) is 20.4. The molecule has 2 saturated heterocycles. The largest absolute Gasteiger partial charge is 0.741 e. The van der Waals surface area contributed by atoms with Gasteiger partial charge in [0.25, 0.3) is 0 Å². The number of alkyl halides is 3. The Labute approximate surface area is 168 Å². The summed E-state index contributed by atoms with van der Waals surface area (Å²) in [6.07, 6.45) is 1.64. The SMILES string of the molecule is C[C@@H]1O[N+](C)(C)[C@@H]2[C@H]1CC(=O)N(C)[C@H]2Cc1ccccc1.O=S(=O)([O-])C(F)(F)F. The van der Waals surface area contributed by atoms with Gasteiger partial charge in [-0.15, -0.1) is 0 Å². The predicted molar refractivity (Wildman–Crippen MR) is 97.0 cm³/mol. The van der Waals surface area contributed by atoms with E-state index in [4.69, 9.17) is 17.8 Å². The smallest absolute Gasteiger partial charge is 0.485 e. The molecule has 0 saturated carbocycles. The van der Waals surface area contributed by atoms with Crippen LogP contribution in [0, 0.1) is 5.92 Å². The first kappa shape index (κ1) is 23.6. The molecule has 2 fully saturated rings. The molecule has 0 radical (unpaired) electrons. The van der Waals surface area contributed by atoms with E-state index >= 15 is 0 Å². The Balaban J connectivity index is 0.000000321. The lowest BCUT2D eigenvalue weighted by molar-refractivity contribution is -1.08. The first-order valence-electron chi connectivity index (χ1n) is 8.99. The summed E-state index contributed by atoms with van der Waals surface area (Å²) in [7, 11) is 0.0771. The highest BCUT2D eigenvalue weighted by Crippen LogP contribution is 2.41. The zero-order chi connectivity index (χ0) is 22.2. The van der Waals surface area contributed by atoms with Gasteiger partial charge in [-0.2, -0.15) is 22.7 Å². The lowest BCUT2D eigenvalue weighted by atomic mass is 9.80. The Bertz CT molecular complexity index is 830. The van der Waals surface area contributed by atoms with E-state index in [2.05, 4.69) is 45.3 Å². The number of rotatable bonds is 2. The molecule has 29 heavy (non-hydrogen) atoms. The number of likely N-dealkylation sites (N-methyl/N-ethyl adjacent to an activating group) is 2. The number of piperidine rings is 1. The fourth-order valence-electron chi connectivity index (χ4n) is 4.18. The number of fused-ring (bicyclic) bond motifs is 1. The van der Waals surface area contributed by atoms with Crippen LogP contribution in [0.25, 0.3) is 0 Å². The molecule has 1 amide bonds. The molecule has 0 aliphatic carbocycles. The highest BCUT2D eigenvalue weighted by Gasteiger charge is 2.58. The van der Waals surface area contributed by atoms with Crippen LogP contribution in [0.4, 0.5) is 13.2 Å². The Morgan fingerprint density at radius 2 is 1.76 bits per heavy atom. The molecule has 0 bridgehead atoms. The van der Waals surface area contributed by atoms with Crippen LogP contribution >= 0.6 is 0 Å². The fourth-order valence-corrected chi connectivity index (χ4v) is 4.18. The van der Waals surface area contributed by atoms with E-state index in [1.54, 1.807) is 0 Å². The van der Waals surface area contributed by atoms with Crippen molar-refractivity contribution in [2.45, 2.75) is 43.5 Å². The number of hydrogen-bond acceptors (Lipinski definition) is 5.